The number of thiophene rings is 1. The lowest BCUT2D eigenvalue weighted by Crippen LogP contribution is -2.57. The van der Waals surface area contributed by atoms with Crippen LogP contribution in [0.2, 0.25) is 0 Å². The summed E-state index contributed by atoms with van der Waals surface area (Å²) in [4.78, 5) is 25.0. The van der Waals surface area contributed by atoms with E-state index in [1.165, 1.54) is 11.3 Å². The summed E-state index contributed by atoms with van der Waals surface area (Å²) in [5.41, 5.74) is 0.730. The Morgan fingerprint density at radius 1 is 1.23 bits per heavy atom. The highest BCUT2D eigenvalue weighted by molar-refractivity contribution is 7.08. The fraction of sp³-hybridized carbons (Fsp3) is 0.526. The summed E-state index contributed by atoms with van der Waals surface area (Å²) in [6.45, 7) is 2.78. The Labute approximate surface area is 178 Å². The number of rotatable bonds is 6. The molecule has 4 rings (SSSR count). The van der Waals surface area contributed by atoms with Crippen LogP contribution in [0, 0.1) is 0 Å². The van der Waals surface area contributed by atoms with E-state index in [0.29, 0.717) is 19.0 Å². The summed E-state index contributed by atoms with van der Waals surface area (Å²) in [7, 11) is 0. The topological polar surface area (TPSA) is 123 Å². The van der Waals surface area contributed by atoms with Gasteiger partial charge in [-0.25, -0.2) is 14.8 Å². The summed E-state index contributed by atoms with van der Waals surface area (Å²) in [5, 5.41) is 29.6. The lowest BCUT2D eigenvalue weighted by molar-refractivity contribution is -0.0205. The van der Waals surface area contributed by atoms with Crippen molar-refractivity contribution in [1.82, 2.24) is 20.2 Å². The minimum atomic E-state index is -0.832. The average Bonchev–Trinajstić information content (AvgIpc) is 3.40. The summed E-state index contributed by atoms with van der Waals surface area (Å²) in [6.07, 6.45) is 1.51. The van der Waals surface area contributed by atoms with Crippen molar-refractivity contribution in [2.24, 2.45) is 0 Å². The first-order valence-corrected chi connectivity index (χ1v) is 10.9. The number of hydrogen-bond acceptors (Lipinski definition) is 9. The molecule has 2 amide bonds. The molecule has 0 unspecified atom stereocenters. The summed E-state index contributed by atoms with van der Waals surface area (Å²) < 4.78 is 5.87. The number of urea groups is 1. The molecule has 0 spiro atoms. The molecule has 162 valence electrons. The number of anilines is 2. The second kappa shape index (κ2) is 9.67. The Hall–Kier alpha value is -2.31. The van der Waals surface area contributed by atoms with E-state index in [2.05, 4.69) is 30.4 Å². The molecule has 0 aliphatic carbocycles. The number of hydrogen-bond donors (Lipinski definition) is 4. The highest BCUT2D eigenvalue weighted by atomic mass is 32.1. The maximum absolute atomic E-state index is 12.2. The molecule has 2 aliphatic heterocycles. The van der Waals surface area contributed by atoms with Gasteiger partial charge in [-0.1, -0.05) is 0 Å². The number of carbonyl (C=O) groups excluding carboxylic acids is 1. The molecule has 0 bridgehead atoms. The van der Waals surface area contributed by atoms with Gasteiger partial charge in [-0.15, -0.1) is 0 Å². The number of nitrogens with one attached hydrogen (secondary N) is 2. The molecule has 11 heteroatoms. The summed E-state index contributed by atoms with van der Waals surface area (Å²) >= 11 is 1.50. The standard InChI is InChI=1S/C19H26N6O4S/c26-11-15-17(27)16(14(29-15)10-22-19(28)23-13-2-9-30-12-13)24-5-7-25(8-6-24)18-20-3-1-4-21-18/h1-4,9,12,14-17,26-27H,5-8,10-11H2,(H2,22,23,28)/t14-,15+,16+,17-/m1/s1. The van der Waals surface area contributed by atoms with Gasteiger partial charge in [-0.2, -0.15) is 11.3 Å². The number of aliphatic hydroxyl groups excluding tert-OH is 2. The van der Waals surface area contributed by atoms with E-state index in [1.54, 1.807) is 18.5 Å². The maximum Gasteiger partial charge on any atom is 0.319 e. The Bertz CT molecular complexity index is 803. The molecule has 2 saturated heterocycles. The van der Waals surface area contributed by atoms with Gasteiger partial charge in [-0.3, -0.25) is 4.90 Å². The first-order valence-electron chi connectivity index (χ1n) is 9.93. The SMILES string of the molecule is O=C(NC[C@H]1O[C@@H](CO)[C@@H](O)[C@H]1N1CCN(c2ncccn2)CC1)Nc1ccsc1. The predicted molar refractivity (Wildman–Crippen MR) is 113 cm³/mol. The van der Waals surface area contributed by atoms with Crippen LogP contribution in [0.15, 0.2) is 35.3 Å². The van der Waals surface area contributed by atoms with Crippen molar-refractivity contribution in [1.29, 1.82) is 0 Å². The molecule has 2 fully saturated rings. The zero-order valence-electron chi connectivity index (χ0n) is 16.4. The van der Waals surface area contributed by atoms with Crippen LogP contribution >= 0.6 is 11.3 Å². The minimum Gasteiger partial charge on any atom is -0.394 e. The van der Waals surface area contributed by atoms with E-state index in [-0.39, 0.29) is 25.2 Å². The molecule has 4 heterocycles. The van der Waals surface area contributed by atoms with E-state index in [4.69, 9.17) is 4.74 Å². The van der Waals surface area contributed by atoms with Crippen molar-refractivity contribution in [3.8, 4) is 0 Å². The van der Waals surface area contributed by atoms with Gasteiger partial charge in [0.25, 0.3) is 0 Å². The number of amides is 2. The van der Waals surface area contributed by atoms with Gasteiger partial charge in [0.2, 0.25) is 5.95 Å². The van der Waals surface area contributed by atoms with Gasteiger partial charge >= 0.3 is 6.03 Å². The zero-order chi connectivity index (χ0) is 20.9. The van der Waals surface area contributed by atoms with Gasteiger partial charge in [0.05, 0.1) is 24.4 Å². The van der Waals surface area contributed by atoms with E-state index in [1.807, 2.05) is 16.8 Å². The van der Waals surface area contributed by atoms with Crippen molar-refractivity contribution in [3.05, 3.63) is 35.3 Å². The van der Waals surface area contributed by atoms with E-state index < -0.39 is 18.3 Å². The van der Waals surface area contributed by atoms with Crippen molar-refractivity contribution < 1.29 is 19.7 Å². The highest BCUT2D eigenvalue weighted by Gasteiger charge is 2.46. The van der Waals surface area contributed by atoms with Crippen molar-refractivity contribution in [2.45, 2.75) is 24.4 Å². The van der Waals surface area contributed by atoms with Gasteiger partial charge in [0.1, 0.15) is 12.2 Å². The number of piperazine rings is 1. The molecule has 30 heavy (non-hydrogen) atoms. The molecule has 2 aromatic rings. The Morgan fingerprint density at radius 2 is 2.00 bits per heavy atom. The fourth-order valence-corrected chi connectivity index (χ4v) is 4.56. The largest absolute Gasteiger partial charge is 0.394 e. The number of carbonyl (C=O) groups is 1. The smallest absolute Gasteiger partial charge is 0.319 e. The van der Waals surface area contributed by atoms with Gasteiger partial charge < -0.3 is 30.5 Å². The molecule has 4 N–H and O–H groups in total. The third-order valence-electron chi connectivity index (χ3n) is 5.46. The quantitative estimate of drug-likeness (QED) is 0.500. The van der Waals surface area contributed by atoms with E-state index in [9.17, 15) is 15.0 Å². The van der Waals surface area contributed by atoms with Crippen molar-refractivity contribution in [3.63, 3.8) is 0 Å². The van der Waals surface area contributed by atoms with Crippen LogP contribution in [-0.2, 0) is 4.74 Å². The first kappa shape index (κ1) is 20.9. The van der Waals surface area contributed by atoms with Crippen LogP contribution < -0.4 is 15.5 Å². The molecule has 0 saturated carbocycles. The van der Waals surface area contributed by atoms with Gasteiger partial charge in [0.15, 0.2) is 0 Å². The van der Waals surface area contributed by atoms with Crippen molar-refractivity contribution in [2.75, 3.05) is 49.5 Å². The summed E-state index contributed by atoms with van der Waals surface area (Å²) in [5.74, 6) is 0.692. The lowest BCUT2D eigenvalue weighted by Gasteiger charge is -2.40. The van der Waals surface area contributed by atoms with E-state index >= 15 is 0 Å². The first-order chi connectivity index (χ1) is 14.7. The van der Waals surface area contributed by atoms with Crippen LogP contribution in [0.3, 0.4) is 0 Å². The third-order valence-corrected chi connectivity index (χ3v) is 6.14. The molecular formula is C19H26N6O4S. The maximum atomic E-state index is 12.2. The van der Waals surface area contributed by atoms with Crippen LogP contribution in [0.25, 0.3) is 0 Å². The Morgan fingerprint density at radius 3 is 2.67 bits per heavy atom. The summed E-state index contributed by atoms with van der Waals surface area (Å²) in [6, 6.07) is 2.96. The second-order valence-corrected chi connectivity index (χ2v) is 8.08. The van der Waals surface area contributed by atoms with Crippen LogP contribution in [0.4, 0.5) is 16.4 Å². The zero-order valence-corrected chi connectivity index (χ0v) is 17.2. The molecule has 0 radical (unpaired) electrons. The molecule has 2 aliphatic rings. The number of aromatic nitrogens is 2. The lowest BCUT2D eigenvalue weighted by atomic mass is 10.0. The molecule has 2 aromatic heterocycles. The predicted octanol–water partition coefficient (Wildman–Crippen LogP) is -0.0290. The Balaban J connectivity index is 1.35. The fourth-order valence-electron chi connectivity index (χ4n) is 3.98. The van der Waals surface area contributed by atoms with Crippen LogP contribution in [-0.4, -0.2) is 94.8 Å². The number of aliphatic hydroxyl groups is 2. The van der Waals surface area contributed by atoms with Crippen LogP contribution in [0.1, 0.15) is 0 Å². The third kappa shape index (κ3) is 4.71. The normalized spacial score (nSPS) is 27.2. The average molecular weight is 435 g/mol. The molecule has 10 nitrogen and oxygen atoms in total. The van der Waals surface area contributed by atoms with Gasteiger partial charge in [0, 0.05) is 50.5 Å². The molecule has 0 aromatic carbocycles. The van der Waals surface area contributed by atoms with E-state index in [0.717, 1.165) is 18.8 Å². The minimum absolute atomic E-state index is 0.232. The van der Waals surface area contributed by atoms with Gasteiger partial charge in [-0.05, 0) is 17.5 Å². The number of nitrogens with zero attached hydrogens (tertiary/aromatic N) is 4. The molecular weight excluding hydrogens is 408 g/mol. The number of ether oxygens (including phenoxy) is 1. The highest BCUT2D eigenvalue weighted by Crippen LogP contribution is 2.27. The van der Waals surface area contributed by atoms with Crippen molar-refractivity contribution >= 4 is 29.0 Å². The second-order valence-electron chi connectivity index (χ2n) is 7.30. The Kier molecular flexibility index (Phi) is 6.75. The molecule has 4 atom stereocenters. The monoisotopic (exact) mass is 434 g/mol. The van der Waals surface area contributed by atoms with Crippen LogP contribution in [0.5, 0.6) is 0 Å².